The molecule has 1 atom stereocenters. The van der Waals surface area contributed by atoms with Crippen LogP contribution in [0.25, 0.3) is 0 Å². The van der Waals surface area contributed by atoms with Crippen LogP contribution < -0.4 is 10.1 Å². The molecule has 1 N–H and O–H groups in total. The summed E-state index contributed by atoms with van der Waals surface area (Å²) in [6, 6.07) is 11.4. The minimum Gasteiger partial charge on any atom is -0.494 e. The summed E-state index contributed by atoms with van der Waals surface area (Å²) in [5.41, 5.74) is 2.05. The predicted molar refractivity (Wildman–Crippen MR) is 110 cm³/mol. The Labute approximate surface area is 170 Å². The van der Waals surface area contributed by atoms with Crippen LogP contribution in [0.2, 0.25) is 15.1 Å². The quantitative estimate of drug-likeness (QED) is 0.707. The minimum absolute atomic E-state index is 0.0417. The lowest BCUT2D eigenvalue weighted by Crippen LogP contribution is -2.33. The lowest BCUT2D eigenvalue weighted by molar-refractivity contribution is 0.233. The van der Waals surface area contributed by atoms with Gasteiger partial charge in [0.05, 0.1) is 12.6 Å². The zero-order valence-electron chi connectivity index (χ0n) is 14.8. The fraction of sp³-hybridized carbons (Fsp3) is 0.400. The van der Waals surface area contributed by atoms with Crippen molar-refractivity contribution in [2.24, 2.45) is 0 Å². The van der Waals surface area contributed by atoms with Crippen molar-refractivity contribution in [1.82, 2.24) is 10.2 Å². The van der Waals surface area contributed by atoms with Gasteiger partial charge >= 0.3 is 0 Å². The number of rotatable bonds is 5. The van der Waals surface area contributed by atoms with Crippen LogP contribution in [0.5, 0.6) is 5.75 Å². The Morgan fingerprint density at radius 3 is 2.54 bits per heavy atom. The Kier molecular flexibility index (Phi) is 7.07. The molecule has 1 unspecified atom stereocenters. The molecule has 3 nitrogen and oxygen atoms in total. The Morgan fingerprint density at radius 2 is 1.77 bits per heavy atom. The van der Waals surface area contributed by atoms with E-state index in [1.165, 1.54) is 0 Å². The molecule has 0 radical (unpaired) electrons. The third kappa shape index (κ3) is 4.65. The van der Waals surface area contributed by atoms with Gasteiger partial charge in [-0.25, -0.2) is 0 Å². The van der Waals surface area contributed by atoms with Gasteiger partial charge in [0, 0.05) is 40.3 Å². The van der Waals surface area contributed by atoms with E-state index in [9.17, 15) is 0 Å². The molecule has 0 amide bonds. The number of hydrogen-bond acceptors (Lipinski definition) is 3. The number of benzene rings is 2. The second-order valence-corrected chi connectivity index (χ2v) is 7.60. The van der Waals surface area contributed by atoms with E-state index in [-0.39, 0.29) is 6.04 Å². The number of nitrogens with one attached hydrogen (secondary N) is 1. The molecule has 2 aromatic rings. The molecule has 0 spiro atoms. The molecule has 140 valence electrons. The van der Waals surface area contributed by atoms with Crippen LogP contribution in [0.4, 0.5) is 0 Å². The molecular formula is C20H23Cl3N2O. The van der Waals surface area contributed by atoms with Gasteiger partial charge < -0.3 is 10.1 Å². The van der Waals surface area contributed by atoms with Gasteiger partial charge in [0.25, 0.3) is 0 Å². The van der Waals surface area contributed by atoms with Gasteiger partial charge in [-0.1, -0.05) is 40.9 Å². The van der Waals surface area contributed by atoms with E-state index in [1.807, 2.05) is 37.3 Å². The summed E-state index contributed by atoms with van der Waals surface area (Å²) in [5, 5.41) is 5.43. The second kappa shape index (κ2) is 9.29. The van der Waals surface area contributed by atoms with Crippen LogP contribution in [0, 0.1) is 0 Å². The van der Waals surface area contributed by atoms with Crippen LogP contribution >= 0.6 is 34.8 Å². The monoisotopic (exact) mass is 412 g/mol. The highest BCUT2D eigenvalue weighted by Crippen LogP contribution is 2.40. The van der Waals surface area contributed by atoms with Crippen LogP contribution in [-0.2, 0) is 0 Å². The van der Waals surface area contributed by atoms with Crippen molar-refractivity contribution < 1.29 is 4.74 Å². The van der Waals surface area contributed by atoms with E-state index in [0.29, 0.717) is 21.7 Å². The summed E-state index contributed by atoms with van der Waals surface area (Å²) >= 11 is 19.1. The third-order valence-electron chi connectivity index (χ3n) is 4.56. The maximum absolute atomic E-state index is 6.60. The first-order chi connectivity index (χ1) is 12.6. The minimum atomic E-state index is -0.0417. The normalized spacial score (nSPS) is 16.9. The molecule has 26 heavy (non-hydrogen) atoms. The smallest absolute Gasteiger partial charge is 0.124 e. The molecule has 0 aliphatic carbocycles. The zero-order chi connectivity index (χ0) is 18.5. The Hall–Kier alpha value is -0.970. The Bertz CT molecular complexity index is 746. The zero-order valence-corrected chi connectivity index (χ0v) is 17.0. The van der Waals surface area contributed by atoms with Crippen LogP contribution in [0.15, 0.2) is 36.4 Å². The number of nitrogens with zero attached hydrogens (tertiary/aromatic N) is 1. The summed E-state index contributed by atoms with van der Waals surface area (Å²) in [4.78, 5) is 2.43. The first-order valence-electron chi connectivity index (χ1n) is 8.92. The maximum atomic E-state index is 6.60. The first-order valence-corrected chi connectivity index (χ1v) is 10.1. The van der Waals surface area contributed by atoms with Crippen LogP contribution in [0.3, 0.4) is 0 Å². The van der Waals surface area contributed by atoms with E-state index in [2.05, 4.69) is 10.2 Å². The number of hydrogen-bond donors (Lipinski definition) is 1. The van der Waals surface area contributed by atoms with E-state index < -0.39 is 0 Å². The van der Waals surface area contributed by atoms with Gasteiger partial charge in [-0.3, -0.25) is 4.90 Å². The largest absolute Gasteiger partial charge is 0.494 e. The van der Waals surface area contributed by atoms with Crippen molar-refractivity contribution in [3.63, 3.8) is 0 Å². The van der Waals surface area contributed by atoms with Gasteiger partial charge in [-0.05, 0) is 55.8 Å². The highest BCUT2D eigenvalue weighted by atomic mass is 35.5. The second-order valence-electron chi connectivity index (χ2n) is 6.32. The third-order valence-corrected chi connectivity index (χ3v) is 5.36. The van der Waals surface area contributed by atoms with Crippen LogP contribution in [0.1, 0.15) is 30.5 Å². The molecule has 6 heteroatoms. The molecule has 1 fully saturated rings. The van der Waals surface area contributed by atoms with Crippen molar-refractivity contribution >= 4 is 34.8 Å². The van der Waals surface area contributed by atoms with Gasteiger partial charge in [0.1, 0.15) is 5.75 Å². The summed E-state index contributed by atoms with van der Waals surface area (Å²) in [6.07, 6.45) is 1.08. The standard InChI is InChI=1S/C20H23Cl3N2O/c1-2-26-19-7-5-14(21)12-17(19)20(25-10-3-8-24-9-11-25)16-6-4-15(22)13-18(16)23/h4-7,12-13,20,24H,2-3,8-11H2,1H3. The molecule has 1 heterocycles. The fourth-order valence-electron chi connectivity index (χ4n) is 3.43. The van der Waals surface area contributed by atoms with Gasteiger partial charge in [0.2, 0.25) is 0 Å². The first kappa shape index (κ1) is 19.8. The predicted octanol–water partition coefficient (Wildman–Crippen LogP) is 5.43. The SMILES string of the molecule is CCOc1ccc(Cl)cc1C(c1ccc(Cl)cc1Cl)N1CCCNCC1. The number of halogens is 3. The lowest BCUT2D eigenvalue weighted by Gasteiger charge is -2.33. The van der Waals surface area contributed by atoms with Gasteiger partial charge in [-0.15, -0.1) is 0 Å². The molecule has 0 aromatic heterocycles. The average Bonchev–Trinajstić information content (AvgIpc) is 2.89. The molecule has 0 saturated carbocycles. The molecule has 1 saturated heterocycles. The van der Waals surface area contributed by atoms with Crippen LogP contribution in [-0.4, -0.2) is 37.7 Å². The summed E-state index contributed by atoms with van der Waals surface area (Å²) in [5.74, 6) is 0.838. The Morgan fingerprint density at radius 1 is 1.00 bits per heavy atom. The van der Waals surface area contributed by atoms with E-state index in [4.69, 9.17) is 39.5 Å². The van der Waals surface area contributed by atoms with E-state index >= 15 is 0 Å². The van der Waals surface area contributed by atoms with Crippen molar-refractivity contribution in [3.8, 4) is 5.75 Å². The summed E-state index contributed by atoms with van der Waals surface area (Å²) < 4.78 is 5.91. The molecule has 0 bridgehead atoms. The van der Waals surface area contributed by atoms with Gasteiger partial charge in [0.15, 0.2) is 0 Å². The molecule has 3 rings (SSSR count). The van der Waals surface area contributed by atoms with Crippen molar-refractivity contribution in [2.45, 2.75) is 19.4 Å². The fourth-order valence-corrected chi connectivity index (χ4v) is 4.12. The molecule has 1 aliphatic rings. The topological polar surface area (TPSA) is 24.5 Å². The van der Waals surface area contributed by atoms with E-state index in [1.54, 1.807) is 6.07 Å². The average molecular weight is 414 g/mol. The highest BCUT2D eigenvalue weighted by molar-refractivity contribution is 6.35. The summed E-state index contributed by atoms with van der Waals surface area (Å²) in [6.45, 7) is 6.42. The highest BCUT2D eigenvalue weighted by Gasteiger charge is 2.28. The Balaban J connectivity index is 2.12. The van der Waals surface area contributed by atoms with Crippen molar-refractivity contribution in [1.29, 1.82) is 0 Å². The van der Waals surface area contributed by atoms with E-state index in [0.717, 1.165) is 49.5 Å². The molecular weight excluding hydrogens is 391 g/mol. The summed E-state index contributed by atoms with van der Waals surface area (Å²) in [7, 11) is 0. The molecule has 2 aromatic carbocycles. The lowest BCUT2D eigenvalue weighted by atomic mass is 9.95. The number of ether oxygens (including phenoxy) is 1. The van der Waals surface area contributed by atoms with Crippen molar-refractivity contribution in [2.75, 3.05) is 32.8 Å². The van der Waals surface area contributed by atoms with Gasteiger partial charge in [-0.2, -0.15) is 0 Å². The van der Waals surface area contributed by atoms with Crippen molar-refractivity contribution in [3.05, 3.63) is 62.6 Å². The molecule has 1 aliphatic heterocycles. The maximum Gasteiger partial charge on any atom is 0.124 e.